The molecule has 3 N–H and O–H groups in total. The molecular weight excluding hydrogens is 250 g/mol. The van der Waals surface area contributed by atoms with Crippen molar-refractivity contribution < 1.29 is 4.79 Å². The minimum absolute atomic E-state index is 0.00856. The normalized spacial score (nSPS) is 17.2. The molecule has 104 valence electrons. The summed E-state index contributed by atoms with van der Waals surface area (Å²) >= 11 is 0. The van der Waals surface area contributed by atoms with Crippen LogP contribution in [0.15, 0.2) is 36.5 Å². The Balaban J connectivity index is 1.77. The third-order valence-corrected chi connectivity index (χ3v) is 4.03. The zero-order valence-electron chi connectivity index (χ0n) is 11.4. The van der Waals surface area contributed by atoms with Crippen LogP contribution in [-0.2, 0) is 4.79 Å². The highest BCUT2D eigenvalue weighted by molar-refractivity contribution is 6.01. The molecule has 1 aromatic carbocycles. The van der Waals surface area contributed by atoms with Crippen LogP contribution in [0.5, 0.6) is 0 Å². The maximum absolute atomic E-state index is 12.2. The number of hydrogen-bond donors (Lipinski definition) is 2. The molecule has 0 saturated heterocycles. The Hall–Kier alpha value is -1.94. The molecule has 0 aliphatic heterocycles. The summed E-state index contributed by atoms with van der Waals surface area (Å²) in [4.78, 5) is 16.5. The van der Waals surface area contributed by atoms with E-state index < -0.39 is 0 Å². The van der Waals surface area contributed by atoms with E-state index in [9.17, 15) is 4.79 Å². The molecule has 2 aromatic rings. The smallest absolute Gasteiger partial charge is 0.226 e. The van der Waals surface area contributed by atoms with Crippen molar-refractivity contribution in [2.45, 2.75) is 37.6 Å². The number of benzene rings is 1. The maximum atomic E-state index is 12.2. The molecule has 1 aliphatic carbocycles. The van der Waals surface area contributed by atoms with Crippen molar-refractivity contribution in [2.24, 2.45) is 5.73 Å². The zero-order valence-corrected chi connectivity index (χ0v) is 11.4. The number of pyridine rings is 1. The van der Waals surface area contributed by atoms with Crippen molar-refractivity contribution in [2.75, 3.05) is 5.32 Å². The highest BCUT2D eigenvalue weighted by Gasteiger charge is 2.31. The number of nitrogens with two attached hydrogens (primary N) is 1. The van der Waals surface area contributed by atoms with E-state index >= 15 is 0 Å². The standard InChI is InChI=1S/C16H19N3O/c17-16(8-1-2-9-16)11-15(20)19-14-7-3-6-13-12(14)5-4-10-18-13/h3-7,10H,1-2,8-9,11,17H2,(H,19,20). The molecule has 1 aliphatic rings. The fourth-order valence-corrected chi connectivity index (χ4v) is 2.98. The van der Waals surface area contributed by atoms with Gasteiger partial charge in [0, 0.05) is 23.5 Å². The first kappa shape index (κ1) is 13.1. The summed E-state index contributed by atoms with van der Waals surface area (Å²) in [5.41, 5.74) is 7.63. The van der Waals surface area contributed by atoms with Gasteiger partial charge in [-0.25, -0.2) is 0 Å². The third kappa shape index (κ3) is 2.65. The summed E-state index contributed by atoms with van der Waals surface area (Å²) in [6.45, 7) is 0. The van der Waals surface area contributed by atoms with Crippen LogP contribution in [0.25, 0.3) is 10.9 Å². The number of carbonyl (C=O) groups is 1. The molecular formula is C16H19N3O. The summed E-state index contributed by atoms with van der Waals surface area (Å²) in [5, 5.41) is 3.94. The average Bonchev–Trinajstić information content (AvgIpc) is 2.85. The van der Waals surface area contributed by atoms with E-state index in [-0.39, 0.29) is 11.4 Å². The highest BCUT2D eigenvalue weighted by Crippen LogP contribution is 2.30. The minimum atomic E-state index is -0.313. The van der Waals surface area contributed by atoms with E-state index in [0.29, 0.717) is 6.42 Å². The van der Waals surface area contributed by atoms with Crippen LogP contribution in [0.3, 0.4) is 0 Å². The zero-order chi connectivity index (χ0) is 14.0. The molecule has 1 saturated carbocycles. The summed E-state index contributed by atoms with van der Waals surface area (Å²) in [6.07, 6.45) is 6.28. The molecule has 1 fully saturated rings. The second-order valence-electron chi connectivity index (χ2n) is 5.67. The van der Waals surface area contributed by atoms with E-state index in [0.717, 1.165) is 42.3 Å². The van der Waals surface area contributed by atoms with Crippen LogP contribution in [0.2, 0.25) is 0 Å². The van der Waals surface area contributed by atoms with Gasteiger partial charge in [0.05, 0.1) is 11.2 Å². The number of anilines is 1. The Labute approximate surface area is 118 Å². The SMILES string of the molecule is NC1(CC(=O)Nc2cccc3ncccc23)CCCC1. The maximum Gasteiger partial charge on any atom is 0.226 e. The van der Waals surface area contributed by atoms with Crippen LogP contribution >= 0.6 is 0 Å². The molecule has 1 aromatic heterocycles. The Morgan fingerprint density at radius 2 is 2.05 bits per heavy atom. The summed E-state index contributed by atoms with van der Waals surface area (Å²) < 4.78 is 0. The van der Waals surface area contributed by atoms with Crippen LogP contribution < -0.4 is 11.1 Å². The Morgan fingerprint density at radius 1 is 1.25 bits per heavy atom. The summed E-state index contributed by atoms with van der Waals surface area (Å²) in [5.74, 6) is -0.00856. The van der Waals surface area contributed by atoms with Crippen LogP contribution in [0, 0.1) is 0 Å². The van der Waals surface area contributed by atoms with Gasteiger partial charge in [-0.2, -0.15) is 0 Å². The first-order chi connectivity index (χ1) is 9.66. The summed E-state index contributed by atoms with van der Waals surface area (Å²) in [6, 6.07) is 9.58. The van der Waals surface area contributed by atoms with Gasteiger partial charge in [0.1, 0.15) is 0 Å². The minimum Gasteiger partial charge on any atom is -0.325 e. The second kappa shape index (κ2) is 5.21. The van der Waals surface area contributed by atoms with Gasteiger partial charge in [-0.15, -0.1) is 0 Å². The van der Waals surface area contributed by atoms with Crippen molar-refractivity contribution in [1.29, 1.82) is 0 Å². The lowest BCUT2D eigenvalue weighted by atomic mass is 9.94. The first-order valence-electron chi connectivity index (χ1n) is 7.09. The number of hydrogen-bond acceptors (Lipinski definition) is 3. The topological polar surface area (TPSA) is 68.0 Å². The largest absolute Gasteiger partial charge is 0.325 e. The lowest BCUT2D eigenvalue weighted by Crippen LogP contribution is -2.40. The number of rotatable bonds is 3. The van der Waals surface area contributed by atoms with Crippen molar-refractivity contribution in [3.8, 4) is 0 Å². The van der Waals surface area contributed by atoms with Crippen LogP contribution in [0.4, 0.5) is 5.69 Å². The molecule has 0 radical (unpaired) electrons. The lowest BCUT2D eigenvalue weighted by molar-refractivity contribution is -0.117. The van der Waals surface area contributed by atoms with Gasteiger partial charge in [0.2, 0.25) is 5.91 Å². The summed E-state index contributed by atoms with van der Waals surface area (Å²) in [7, 11) is 0. The van der Waals surface area contributed by atoms with Gasteiger partial charge in [0.25, 0.3) is 0 Å². The molecule has 0 unspecified atom stereocenters. The number of fused-ring (bicyclic) bond motifs is 1. The predicted molar refractivity (Wildman–Crippen MR) is 80.4 cm³/mol. The fourth-order valence-electron chi connectivity index (χ4n) is 2.98. The number of aromatic nitrogens is 1. The Bertz CT molecular complexity index is 627. The van der Waals surface area contributed by atoms with E-state index in [1.54, 1.807) is 6.20 Å². The average molecular weight is 269 g/mol. The predicted octanol–water partition coefficient (Wildman–Crippen LogP) is 2.83. The molecule has 3 rings (SSSR count). The van der Waals surface area contributed by atoms with Crippen molar-refractivity contribution >= 4 is 22.5 Å². The van der Waals surface area contributed by atoms with Crippen molar-refractivity contribution in [3.63, 3.8) is 0 Å². The molecule has 4 nitrogen and oxygen atoms in total. The van der Waals surface area contributed by atoms with E-state index in [1.165, 1.54) is 0 Å². The van der Waals surface area contributed by atoms with E-state index in [2.05, 4.69) is 10.3 Å². The molecule has 0 spiro atoms. The van der Waals surface area contributed by atoms with Crippen molar-refractivity contribution in [3.05, 3.63) is 36.5 Å². The molecule has 4 heteroatoms. The van der Waals surface area contributed by atoms with E-state index in [4.69, 9.17) is 5.73 Å². The number of nitrogens with zero attached hydrogens (tertiary/aromatic N) is 1. The second-order valence-corrected chi connectivity index (χ2v) is 5.67. The molecule has 0 bridgehead atoms. The molecule has 20 heavy (non-hydrogen) atoms. The molecule has 0 atom stereocenters. The Morgan fingerprint density at radius 3 is 2.85 bits per heavy atom. The van der Waals surface area contributed by atoms with Gasteiger partial charge in [-0.1, -0.05) is 18.9 Å². The monoisotopic (exact) mass is 269 g/mol. The van der Waals surface area contributed by atoms with Crippen LogP contribution in [-0.4, -0.2) is 16.4 Å². The van der Waals surface area contributed by atoms with Crippen molar-refractivity contribution in [1.82, 2.24) is 4.98 Å². The molecule has 1 amide bonds. The van der Waals surface area contributed by atoms with Crippen LogP contribution in [0.1, 0.15) is 32.1 Å². The number of nitrogens with one attached hydrogen (secondary N) is 1. The Kier molecular flexibility index (Phi) is 3.40. The fraction of sp³-hybridized carbons (Fsp3) is 0.375. The van der Waals surface area contributed by atoms with E-state index in [1.807, 2.05) is 30.3 Å². The number of amides is 1. The van der Waals surface area contributed by atoms with Gasteiger partial charge < -0.3 is 11.1 Å². The molecule has 1 heterocycles. The van der Waals surface area contributed by atoms with Gasteiger partial charge in [-0.05, 0) is 37.1 Å². The van der Waals surface area contributed by atoms with Gasteiger partial charge in [-0.3, -0.25) is 9.78 Å². The van der Waals surface area contributed by atoms with Gasteiger partial charge in [0.15, 0.2) is 0 Å². The first-order valence-corrected chi connectivity index (χ1v) is 7.09. The lowest BCUT2D eigenvalue weighted by Gasteiger charge is -2.22. The number of carbonyl (C=O) groups excluding carboxylic acids is 1. The third-order valence-electron chi connectivity index (χ3n) is 4.03. The van der Waals surface area contributed by atoms with Gasteiger partial charge >= 0.3 is 0 Å². The quantitative estimate of drug-likeness (QED) is 0.900. The highest BCUT2D eigenvalue weighted by atomic mass is 16.1.